The lowest BCUT2D eigenvalue weighted by Crippen LogP contribution is -1.96. The molecule has 0 atom stereocenters. The Kier molecular flexibility index (Phi) is 7.85. The average Bonchev–Trinajstić information content (AvgIpc) is 3.26. The number of hydrogen-bond acceptors (Lipinski definition) is 2. The Balaban J connectivity index is 1.03. The van der Waals surface area contributed by atoms with Crippen molar-refractivity contribution in [3.63, 3.8) is 0 Å². The van der Waals surface area contributed by atoms with Crippen LogP contribution in [0.5, 0.6) is 0 Å². The number of benzene rings is 9. The van der Waals surface area contributed by atoms with Crippen molar-refractivity contribution in [3.05, 3.63) is 206 Å². The molecule has 0 unspecified atom stereocenters. The Morgan fingerprint density at radius 3 is 1.28 bits per heavy atom. The molecular formula is C52H34N2. The third kappa shape index (κ3) is 5.81. The SMILES string of the molecule is c1ccc(-c2ccc(-c3ccc(-c4cc(-c5ccc(-c6c7ccccc7cc7c6ccc6ccccc67)cc5)nc(-c5ccccc5)n4)cc3)cc2)cc1. The van der Waals surface area contributed by atoms with E-state index in [9.17, 15) is 0 Å². The highest BCUT2D eigenvalue weighted by molar-refractivity contribution is 6.20. The summed E-state index contributed by atoms with van der Waals surface area (Å²) in [6, 6.07) is 73.5. The summed E-state index contributed by atoms with van der Waals surface area (Å²) in [7, 11) is 0. The first-order valence-corrected chi connectivity index (χ1v) is 18.4. The summed E-state index contributed by atoms with van der Waals surface area (Å²) < 4.78 is 0. The molecule has 0 fully saturated rings. The van der Waals surface area contributed by atoms with Gasteiger partial charge in [-0.05, 0) is 77.8 Å². The van der Waals surface area contributed by atoms with Crippen molar-refractivity contribution in [2.45, 2.75) is 0 Å². The fourth-order valence-corrected chi connectivity index (χ4v) is 7.72. The highest BCUT2D eigenvalue weighted by Crippen LogP contribution is 2.40. The lowest BCUT2D eigenvalue weighted by Gasteiger charge is -2.15. The Hall–Kier alpha value is -7.16. The number of fused-ring (bicyclic) bond motifs is 4. The molecule has 10 aromatic rings. The van der Waals surface area contributed by atoms with Crippen LogP contribution in [-0.2, 0) is 0 Å². The summed E-state index contributed by atoms with van der Waals surface area (Å²) in [5.74, 6) is 0.708. The summed E-state index contributed by atoms with van der Waals surface area (Å²) in [4.78, 5) is 10.2. The molecule has 0 saturated heterocycles. The van der Waals surface area contributed by atoms with Crippen molar-refractivity contribution in [2.75, 3.05) is 0 Å². The predicted molar refractivity (Wildman–Crippen MR) is 227 cm³/mol. The molecular weight excluding hydrogens is 653 g/mol. The first kappa shape index (κ1) is 31.6. The molecule has 0 saturated carbocycles. The van der Waals surface area contributed by atoms with Gasteiger partial charge in [0, 0.05) is 16.7 Å². The van der Waals surface area contributed by atoms with Gasteiger partial charge >= 0.3 is 0 Å². The van der Waals surface area contributed by atoms with E-state index in [1.165, 1.54) is 65.7 Å². The van der Waals surface area contributed by atoms with Crippen molar-refractivity contribution in [1.82, 2.24) is 9.97 Å². The van der Waals surface area contributed by atoms with E-state index < -0.39 is 0 Å². The largest absolute Gasteiger partial charge is 0.228 e. The summed E-state index contributed by atoms with van der Waals surface area (Å²) in [6.07, 6.45) is 0. The van der Waals surface area contributed by atoms with E-state index in [0.29, 0.717) is 5.82 Å². The molecule has 0 N–H and O–H groups in total. The summed E-state index contributed by atoms with van der Waals surface area (Å²) in [6.45, 7) is 0. The van der Waals surface area contributed by atoms with Crippen molar-refractivity contribution < 1.29 is 0 Å². The molecule has 1 aromatic heterocycles. The minimum absolute atomic E-state index is 0.708. The molecule has 54 heavy (non-hydrogen) atoms. The van der Waals surface area contributed by atoms with E-state index in [0.717, 1.165) is 28.1 Å². The minimum Gasteiger partial charge on any atom is -0.228 e. The van der Waals surface area contributed by atoms with Gasteiger partial charge in [-0.2, -0.15) is 0 Å². The summed E-state index contributed by atoms with van der Waals surface area (Å²) in [5.41, 5.74) is 12.1. The second kappa shape index (κ2) is 13.4. The smallest absolute Gasteiger partial charge is 0.160 e. The lowest BCUT2D eigenvalue weighted by molar-refractivity contribution is 1.18. The molecule has 0 spiro atoms. The van der Waals surface area contributed by atoms with Gasteiger partial charge in [0.2, 0.25) is 0 Å². The van der Waals surface area contributed by atoms with Crippen molar-refractivity contribution >= 4 is 32.3 Å². The molecule has 0 aliphatic rings. The lowest BCUT2D eigenvalue weighted by atomic mass is 9.89. The normalized spacial score (nSPS) is 11.3. The second-order valence-electron chi connectivity index (χ2n) is 13.8. The van der Waals surface area contributed by atoms with Crippen LogP contribution in [0.2, 0.25) is 0 Å². The maximum absolute atomic E-state index is 5.12. The first-order valence-electron chi connectivity index (χ1n) is 18.4. The van der Waals surface area contributed by atoms with E-state index in [-0.39, 0.29) is 0 Å². The van der Waals surface area contributed by atoms with Crippen LogP contribution >= 0.6 is 0 Å². The molecule has 2 heteroatoms. The zero-order chi connectivity index (χ0) is 35.8. The van der Waals surface area contributed by atoms with Gasteiger partial charge in [0.15, 0.2) is 5.82 Å². The van der Waals surface area contributed by atoms with Crippen LogP contribution in [0.25, 0.3) is 99.6 Å². The number of rotatable bonds is 6. The quantitative estimate of drug-likeness (QED) is 0.129. The number of nitrogens with zero attached hydrogens (tertiary/aromatic N) is 2. The molecule has 2 nitrogen and oxygen atoms in total. The van der Waals surface area contributed by atoms with Gasteiger partial charge in [0.05, 0.1) is 11.4 Å². The Morgan fingerprint density at radius 1 is 0.241 bits per heavy atom. The van der Waals surface area contributed by atoms with Gasteiger partial charge in [0.25, 0.3) is 0 Å². The molecule has 1 heterocycles. The second-order valence-corrected chi connectivity index (χ2v) is 13.8. The standard InChI is InChI=1S/C52H34N2/c1-3-11-35(12-4-1)36-19-21-37(22-20-36)38-23-25-40(26-24-38)49-34-50(54-52(53-49)43-14-5-2-6-15-43)41-27-29-42(30-28-41)51-46-18-10-8-16-44(46)33-48-45-17-9-7-13-39(45)31-32-47(48)51/h1-34H. The van der Waals surface area contributed by atoms with E-state index in [4.69, 9.17) is 9.97 Å². The van der Waals surface area contributed by atoms with Gasteiger partial charge < -0.3 is 0 Å². The molecule has 0 aliphatic carbocycles. The number of hydrogen-bond donors (Lipinski definition) is 0. The monoisotopic (exact) mass is 686 g/mol. The molecule has 0 radical (unpaired) electrons. The number of aromatic nitrogens is 2. The fraction of sp³-hybridized carbons (Fsp3) is 0. The molecule has 9 aromatic carbocycles. The zero-order valence-corrected chi connectivity index (χ0v) is 29.5. The van der Waals surface area contributed by atoms with Crippen molar-refractivity contribution in [2.24, 2.45) is 0 Å². The van der Waals surface area contributed by atoms with Crippen molar-refractivity contribution in [3.8, 4) is 67.3 Å². The van der Waals surface area contributed by atoms with Gasteiger partial charge in [0.1, 0.15) is 0 Å². The third-order valence-electron chi connectivity index (χ3n) is 10.5. The first-order chi connectivity index (χ1) is 26.7. The van der Waals surface area contributed by atoms with Gasteiger partial charge in [-0.1, -0.05) is 194 Å². The van der Waals surface area contributed by atoms with Gasteiger partial charge in [-0.3, -0.25) is 0 Å². The minimum atomic E-state index is 0.708. The summed E-state index contributed by atoms with van der Waals surface area (Å²) in [5, 5.41) is 7.54. The van der Waals surface area contributed by atoms with Crippen LogP contribution in [0.15, 0.2) is 206 Å². The van der Waals surface area contributed by atoms with E-state index >= 15 is 0 Å². The van der Waals surface area contributed by atoms with Crippen LogP contribution in [-0.4, -0.2) is 9.97 Å². The van der Waals surface area contributed by atoms with E-state index in [1.807, 2.05) is 18.2 Å². The van der Waals surface area contributed by atoms with Crippen LogP contribution in [0, 0.1) is 0 Å². The van der Waals surface area contributed by atoms with Gasteiger partial charge in [-0.25, -0.2) is 9.97 Å². The van der Waals surface area contributed by atoms with E-state index in [1.54, 1.807) is 0 Å². The maximum atomic E-state index is 5.12. The van der Waals surface area contributed by atoms with Crippen molar-refractivity contribution in [1.29, 1.82) is 0 Å². The molecule has 0 aliphatic heterocycles. The molecule has 252 valence electrons. The molecule has 0 amide bonds. The summed E-state index contributed by atoms with van der Waals surface area (Å²) >= 11 is 0. The third-order valence-corrected chi connectivity index (χ3v) is 10.5. The average molecular weight is 687 g/mol. The Bertz CT molecular complexity index is 2930. The van der Waals surface area contributed by atoms with Gasteiger partial charge in [-0.15, -0.1) is 0 Å². The highest BCUT2D eigenvalue weighted by Gasteiger charge is 2.15. The van der Waals surface area contributed by atoms with Crippen LogP contribution in [0.3, 0.4) is 0 Å². The zero-order valence-electron chi connectivity index (χ0n) is 29.5. The Morgan fingerprint density at radius 2 is 0.685 bits per heavy atom. The van der Waals surface area contributed by atoms with Crippen LogP contribution < -0.4 is 0 Å². The molecule has 10 rings (SSSR count). The highest BCUT2D eigenvalue weighted by atomic mass is 14.9. The van der Waals surface area contributed by atoms with Crippen LogP contribution in [0.4, 0.5) is 0 Å². The Labute approximate surface area is 314 Å². The predicted octanol–water partition coefficient (Wildman–Crippen LogP) is 13.9. The maximum Gasteiger partial charge on any atom is 0.160 e. The van der Waals surface area contributed by atoms with Crippen LogP contribution in [0.1, 0.15) is 0 Å². The molecule has 0 bridgehead atoms. The topological polar surface area (TPSA) is 25.8 Å². The fourth-order valence-electron chi connectivity index (χ4n) is 7.72. The van der Waals surface area contributed by atoms with E-state index in [2.05, 4.69) is 188 Å².